The Balaban J connectivity index is 1.99. The van der Waals surface area contributed by atoms with E-state index in [9.17, 15) is 13.6 Å². The fourth-order valence-corrected chi connectivity index (χ4v) is 2.52. The van der Waals surface area contributed by atoms with E-state index in [-0.39, 0.29) is 23.6 Å². The highest BCUT2D eigenvalue weighted by atomic mass is 19.3. The fraction of sp³-hybridized carbons (Fsp3) is 0.533. The van der Waals surface area contributed by atoms with Crippen LogP contribution in [0.3, 0.4) is 0 Å². The zero-order valence-electron chi connectivity index (χ0n) is 12.1. The SMILES string of the molecule is CC(NC(=O)[C@@H]1CNC[C@H]1C)c1cccc(OC(F)F)c1. The summed E-state index contributed by atoms with van der Waals surface area (Å²) < 4.78 is 28.8. The van der Waals surface area contributed by atoms with Crippen molar-refractivity contribution in [3.05, 3.63) is 29.8 Å². The van der Waals surface area contributed by atoms with E-state index in [2.05, 4.69) is 15.4 Å². The predicted octanol–water partition coefficient (Wildman–Crippen LogP) is 2.32. The Bertz CT molecular complexity index is 496. The van der Waals surface area contributed by atoms with Gasteiger partial charge in [0.05, 0.1) is 12.0 Å². The molecule has 0 bridgehead atoms. The van der Waals surface area contributed by atoms with Gasteiger partial charge in [-0.25, -0.2) is 0 Å². The van der Waals surface area contributed by atoms with E-state index in [0.717, 1.165) is 12.1 Å². The average molecular weight is 298 g/mol. The molecule has 1 heterocycles. The second-order valence-corrected chi connectivity index (χ2v) is 5.42. The van der Waals surface area contributed by atoms with E-state index in [1.807, 2.05) is 13.8 Å². The molecular weight excluding hydrogens is 278 g/mol. The number of hydrogen-bond donors (Lipinski definition) is 2. The molecule has 116 valence electrons. The number of alkyl halides is 2. The molecule has 1 fully saturated rings. The van der Waals surface area contributed by atoms with Crippen LogP contribution >= 0.6 is 0 Å². The lowest BCUT2D eigenvalue weighted by Gasteiger charge is -2.19. The van der Waals surface area contributed by atoms with Crippen molar-refractivity contribution in [1.29, 1.82) is 0 Å². The lowest BCUT2D eigenvalue weighted by Crippen LogP contribution is -2.35. The topological polar surface area (TPSA) is 50.4 Å². The maximum atomic E-state index is 12.2. The molecule has 0 saturated carbocycles. The Morgan fingerprint density at radius 1 is 1.43 bits per heavy atom. The third-order valence-electron chi connectivity index (χ3n) is 3.80. The van der Waals surface area contributed by atoms with Crippen molar-refractivity contribution in [2.45, 2.75) is 26.5 Å². The smallest absolute Gasteiger partial charge is 0.387 e. The third kappa shape index (κ3) is 4.14. The largest absolute Gasteiger partial charge is 0.435 e. The van der Waals surface area contributed by atoms with Crippen molar-refractivity contribution in [1.82, 2.24) is 10.6 Å². The second-order valence-electron chi connectivity index (χ2n) is 5.42. The molecular formula is C15H20F2N2O2. The Labute approximate surface area is 122 Å². The molecule has 1 aliphatic rings. The van der Waals surface area contributed by atoms with Crippen LogP contribution < -0.4 is 15.4 Å². The van der Waals surface area contributed by atoms with Gasteiger partial charge in [0.25, 0.3) is 0 Å². The molecule has 1 saturated heterocycles. The minimum Gasteiger partial charge on any atom is -0.435 e. The summed E-state index contributed by atoms with van der Waals surface area (Å²) in [5.41, 5.74) is 0.736. The first-order valence-electron chi connectivity index (χ1n) is 7.03. The predicted molar refractivity (Wildman–Crippen MR) is 75.2 cm³/mol. The molecule has 0 aromatic heterocycles. The van der Waals surface area contributed by atoms with E-state index in [1.165, 1.54) is 12.1 Å². The Kier molecular flexibility index (Phi) is 5.12. The minimum atomic E-state index is -2.85. The quantitative estimate of drug-likeness (QED) is 0.877. The Hall–Kier alpha value is -1.69. The van der Waals surface area contributed by atoms with Crippen molar-refractivity contribution >= 4 is 5.91 Å². The maximum Gasteiger partial charge on any atom is 0.387 e. The average Bonchev–Trinajstić information content (AvgIpc) is 2.84. The van der Waals surface area contributed by atoms with E-state index >= 15 is 0 Å². The molecule has 1 aliphatic heterocycles. The molecule has 1 aromatic carbocycles. The molecule has 1 aromatic rings. The monoisotopic (exact) mass is 298 g/mol. The van der Waals surface area contributed by atoms with Crippen LogP contribution in [0.1, 0.15) is 25.5 Å². The zero-order valence-corrected chi connectivity index (χ0v) is 12.1. The van der Waals surface area contributed by atoms with Crippen LogP contribution in [0.5, 0.6) is 5.75 Å². The highest BCUT2D eigenvalue weighted by Gasteiger charge is 2.30. The van der Waals surface area contributed by atoms with Crippen molar-refractivity contribution in [2.24, 2.45) is 11.8 Å². The Morgan fingerprint density at radius 3 is 2.81 bits per heavy atom. The number of ether oxygens (including phenoxy) is 1. The molecule has 0 radical (unpaired) electrons. The minimum absolute atomic E-state index is 0.0137. The molecule has 2 rings (SSSR count). The van der Waals surface area contributed by atoms with Gasteiger partial charge in [0.1, 0.15) is 5.75 Å². The number of halogens is 2. The first kappa shape index (κ1) is 15.7. The van der Waals surface area contributed by atoms with Gasteiger partial charge >= 0.3 is 6.61 Å². The molecule has 2 N–H and O–H groups in total. The fourth-order valence-electron chi connectivity index (χ4n) is 2.52. The van der Waals surface area contributed by atoms with E-state index in [0.29, 0.717) is 12.5 Å². The number of hydrogen-bond acceptors (Lipinski definition) is 3. The van der Waals surface area contributed by atoms with Crippen LogP contribution in [-0.2, 0) is 4.79 Å². The van der Waals surface area contributed by atoms with Crippen LogP contribution in [-0.4, -0.2) is 25.6 Å². The molecule has 1 unspecified atom stereocenters. The van der Waals surface area contributed by atoms with Gasteiger partial charge in [-0.1, -0.05) is 19.1 Å². The van der Waals surface area contributed by atoms with Crippen LogP contribution in [0.25, 0.3) is 0 Å². The van der Waals surface area contributed by atoms with Gasteiger partial charge in [-0.3, -0.25) is 4.79 Å². The second kappa shape index (κ2) is 6.85. The van der Waals surface area contributed by atoms with Crippen molar-refractivity contribution in [3.63, 3.8) is 0 Å². The van der Waals surface area contributed by atoms with E-state index in [1.54, 1.807) is 12.1 Å². The number of nitrogens with one attached hydrogen (secondary N) is 2. The van der Waals surface area contributed by atoms with Gasteiger partial charge in [-0.05, 0) is 37.1 Å². The first-order chi connectivity index (χ1) is 9.97. The summed E-state index contributed by atoms with van der Waals surface area (Å²) in [5, 5.41) is 6.11. The first-order valence-corrected chi connectivity index (χ1v) is 7.03. The van der Waals surface area contributed by atoms with Crippen LogP contribution in [0.4, 0.5) is 8.78 Å². The van der Waals surface area contributed by atoms with Crippen LogP contribution in [0, 0.1) is 11.8 Å². The van der Waals surface area contributed by atoms with Gasteiger partial charge in [-0.15, -0.1) is 0 Å². The highest BCUT2D eigenvalue weighted by Crippen LogP contribution is 2.22. The third-order valence-corrected chi connectivity index (χ3v) is 3.80. The summed E-state index contributed by atoms with van der Waals surface area (Å²) in [6.07, 6.45) is 0. The standard InChI is InChI=1S/C15H20F2N2O2/c1-9-7-18-8-13(9)14(20)19-10(2)11-4-3-5-12(6-11)21-15(16)17/h3-6,9-10,13,15,18H,7-8H2,1-2H3,(H,19,20)/t9-,10?,13-/m1/s1. The summed E-state index contributed by atoms with van der Waals surface area (Å²) in [6.45, 7) is 2.52. The lowest BCUT2D eigenvalue weighted by molar-refractivity contribution is -0.126. The molecule has 4 nitrogen and oxygen atoms in total. The van der Waals surface area contributed by atoms with Crippen molar-refractivity contribution < 1.29 is 18.3 Å². The number of amides is 1. The van der Waals surface area contributed by atoms with E-state index in [4.69, 9.17) is 0 Å². The number of rotatable bonds is 5. The molecule has 1 amide bonds. The number of carbonyl (C=O) groups is 1. The molecule has 3 atom stereocenters. The van der Waals surface area contributed by atoms with Crippen molar-refractivity contribution in [2.75, 3.05) is 13.1 Å². The molecule has 0 spiro atoms. The van der Waals surface area contributed by atoms with Crippen LogP contribution in [0.2, 0.25) is 0 Å². The summed E-state index contributed by atoms with van der Waals surface area (Å²) in [4.78, 5) is 12.2. The van der Waals surface area contributed by atoms with Crippen molar-refractivity contribution in [3.8, 4) is 5.75 Å². The molecule has 6 heteroatoms. The zero-order chi connectivity index (χ0) is 15.4. The van der Waals surface area contributed by atoms with Gasteiger partial charge in [0, 0.05) is 6.54 Å². The molecule has 0 aliphatic carbocycles. The molecule has 21 heavy (non-hydrogen) atoms. The number of carbonyl (C=O) groups excluding carboxylic acids is 1. The summed E-state index contributed by atoms with van der Waals surface area (Å²) in [5.74, 6) is 0.332. The summed E-state index contributed by atoms with van der Waals surface area (Å²) >= 11 is 0. The Morgan fingerprint density at radius 2 is 2.19 bits per heavy atom. The lowest BCUT2D eigenvalue weighted by atomic mass is 9.96. The van der Waals surface area contributed by atoms with Gasteiger partial charge in [0.15, 0.2) is 0 Å². The van der Waals surface area contributed by atoms with Crippen LogP contribution in [0.15, 0.2) is 24.3 Å². The summed E-state index contributed by atoms with van der Waals surface area (Å²) in [6, 6.07) is 6.14. The maximum absolute atomic E-state index is 12.2. The highest BCUT2D eigenvalue weighted by molar-refractivity contribution is 5.80. The van der Waals surface area contributed by atoms with Gasteiger partial charge < -0.3 is 15.4 Å². The normalized spacial score (nSPS) is 23.1. The summed E-state index contributed by atoms with van der Waals surface area (Å²) in [7, 11) is 0. The van der Waals surface area contributed by atoms with Gasteiger partial charge in [0.2, 0.25) is 5.91 Å². The number of benzene rings is 1. The van der Waals surface area contributed by atoms with E-state index < -0.39 is 6.61 Å². The van der Waals surface area contributed by atoms with Gasteiger partial charge in [-0.2, -0.15) is 8.78 Å².